The molecule has 1 unspecified atom stereocenters. The molecule has 0 saturated heterocycles. The molecule has 3 aromatic rings. The number of amides is 1. The fraction of sp³-hybridized carbons (Fsp3) is 0.250. The third-order valence-electron chi connectivity index (χ3n) is 3.83. The first-order valence-electron chi connectivity index (χ1n) is 7.82. The summed E-state index contributed by atoms with van der Waals surface area (Å²) in [6.07, 6.45) is 3.13. The summed E-state index contributed by atoms with van der Waals surface area (Å²) in [6, 6.07) is 5.76. The van der Waals surface area contributed by atoms with E-state index in [0.717, 1.165) is 5.56 Å². The van der Waals surface area contributed by atoms with Crippen LogP contribution in [-0.4, -0.2) is 55.0 Å². The second-order valence-corrected chi connectivity index (χ2v) is 5.68. The monoisotopic (exact) mass is 356 g/mol. The van der Waals surface area contributed by atoms with Gasteiger partial charge in [0, 0.05) is 32.9 Å². The predicted octanol–water partition coefficient (Wildman–Crippen LogP) is 1.43. The average Bonchev–Trinajstić information content (AvgIpc) is 3.17. The summed E-state index contributed by atoms with van der Waals surface area (Å²) in [5.41, 5.74) is 1.42. The molecule has 0 aliphatic carbocycles. The lowest BCUT2D eigenvalue weighted by atomic mass is 10.1. The Hall–Kier alpha value is -3.43. The highest BCUT2D eigenvalue weighted by Gasteiger charge is 2.17. The van der Waals surface area contributed by atoms with E-state index in [4.69, 9.17) is 0 Å². The Morgan fingerprint density at radius 1 is 1.27 bits per heavy atom. The second-order valence-electron chi connectivity index (χ2n) is 5.68. The highest BCUT2D eigenvalue weighted by atomic mass is 19.1. The third-order valence-corrected chi connectivity index (χ3v) is 3.83. The van der Waals surface area contributed by atoms with E-state index in [0.29, 0.717) is 23.9 Å². The van der Waals surface area contributed by atoms with Gasteiger partial charge in [-0.05, 0) is 22.9 Å². The maximum atomic E-state index is 13.2. The van der Waals surface area contributed by atoms with Crippen molar-refractivity contribution in [2.45, 2.75) is 13.0 Å². The van der Waals surface area contributed by atoms with E-state index in [1.165, 1.54) is 19.1 Å². The van der Waals surface area contributed by atoms with Crippen LogP contribution in [0.1, 0.15) is 18.5 Å². The van der Waals surface area contributed by atoms with Crippen molar-refractivity contribution in [3.05, 3.63) is 48.0 Å². The largest absolute Gasteiger partial charge is 0.346 e. The smallest absolute Gasteiger partial charge is 0.223 e. The Balaban J connectivity index is 1.80. The minimum absolute atomic E-state index is 0.0766. The molecule has 0 aliphatic rings. The number of hydrogen-bond donors (Lipinski definition) is 2. The third kappa shape index (κ3) is 4.15. The van der Waals surface area contributed by atoms with Crippen molar-refractivity contribution in [3.63, 3.8) is 0 Å². The quantitative estimate of drug-likeness (QED) is 0.687. The van der Waals surface area contributed by atoms with E-state index in [9.17, 15) is 9.18 Å². The molecule has 2 heterocycles. The van der Waals surface area contributed by atoms with Crippen LogP contribution in [0.3, 0.4) is 0 Å². The van der Waals surface area contributed by atoms with Gasteiger partial charge >= 0.3 is 0 Å². The van der Waals surface area contributed by atoms with Gasteiger partial charge in [-0.1, -0.05) is 12.1 Å². The number of carbonyl (C=O) groups is 1. The maximum absolute atomic E-state index is 13.2. The summed E-state index contributed by atoms with van der Waals surface area (Å²) >= 11 is 0. The van der Waals surface area contributed by atoms with E-state index in [-0.39, 0.29) is 17.8 Å². The zero-order valence-electron chi connectivity index (χ0n) is 14.2. The first-order valence-corrected chi connectivity index (χ1v) is 7.82. The van der Waals surface area contributed by atoms with Gasteiger partial charge in [0.15, 0.2) is 0 Å². The molecule has 1 aromatic carbocycles. The van der Waals surface area contributed by atoms with Crippen LogP contribution in [0, 0.1) is 5.82 Å². The Kier molecular flexibility index (Phi) is 5.11. The van der Waals surface area contributed by atoms with Gasteiger partial charge in [-0.15, -0.1) is 10.2 Å². The Bertz CT molecular complexity index is 851. The maximum Gasteiger partial charge on any atom is 0.223 e. The summed E-state index contributed by atoms with van der Waals surface area (Å²) < 4.78 is 13.2. The normalized spacial score (nSPS) is 11.8. The molecular formula is C16H17FN8O. The lowest BCUT2D eigenvalue weighted by molar-refractivity contribution is -0.127. The first-order chi connectivity index (χ1) is 12.5. The Labute approximate surface area is 148 Å². The summed E-state index contributed by atoms with van der Waals surface area (Å²) in [5, 5.41) is 16.8. The highest BCUT2D eigenvalue weighted by molar-refractivity contribution is 5.73. The van der Waals surface area contributed by atoms with E-state index in [1.807, 2.05) is 0 Å². The number of aromatic amines is 1. The Morgan fingerprint density at radius 2 is 1.96 bits per heavy atom. The fourth-order valence-electron chi connectivity index (χ4n) is 2.29. The van der Waals surface area contributed by atoms with Gasteiger partial charge in [0.2, 0.25) is 17.7 Å². The zero-order valence-corrected chi connectivity index (χ0v) is 14.2. The number of carbonyl (C=O) groups excluding carboxylic acids is 1. The molecule has 0 saturated carbocycles. The second kappa shape index (κ2) is 7.64. The van der Waals surface area contributed by atoms with Crippen LogP contribution < -0.4 is 5.32 Å². The number of likely N-dealkylation sites (N-methyl/N-ethyl adjacent to an activating group) is 1. The van der Waals surface area contributed by atoms with Gasteiger partial charge in [0.1, 0.15) is 5.82 Å². The molecule has 1 amide bonds. The van der Waals surface area contributed by atoms with Crippen molar-refractivity contribution in [1.82, 2.24) is 35.5 Å². The lowest BCUT2D eigenvalue weighted by Gasteiger charge is -2.24. The number of nitrogens with one attached hydrogen (secondary N) is 2. The molecule has 3 rings (SSSR count). The first kappa shape index (κ1) is 17.4. The molecule has 0 fully saturated rings. The zero-order chi connectivity index (χ0) is 18.5. The number of halogens is 1. The van der Waals surface area contributed by atoms with Gasteiger partial charge in [-0.3, -0.25) is 4.79 Å². The van der Waals surface area contributed by atoms with Crippen molar-refractivity contribution in [1.29, 1.82) is 0 Å². The van der Waals surface area contributed by atoms with E-state index < -0.39 is 0 Å². The van der Waals surface area contributed by atoms with E-state index in [2.05, 4.69) is 35.9 Å². The van der Waals surface area contributed by atoms with Crippen LogP contribution in [0.5, 0.6) is 0 Å². The number of aromatic nitrogens is 6. The molecule has 0 radical (unpaired) electrons. The number of hydrogen-bond acceptors (Lipinski definition) is 7. The number of rotatable bonds is 6. The van der Waals surface area contributed by atoms with Gasteiger partial charge in [0.05, 0.1) is 11.6 Å². The molecule has 9 nitrogen and oxygen atoms in total. The highest BCUT2D eigenvalue weighted by Crippen LogP contribution is 2.20. The van der Waals surface area contributed by atoms with Gasteiger partial charge < -0.3 is 10.2 Å². The number of H-pyrrole nitrogens is 1. The molecule has 2 aromatic heterocycles. The van der Waals surface area contributed by atoms with Crippen LogP contribution in [0.2, 0.25) is 0 Å². The fourth-order valence-corrected chi connectivity index (χ4v) is 2.29. The van der Waals surface area contributed by atoms with Gasteiger partial charge in [-0.25, -0.2) is 14.4 Å². The van der Waals surface area contributed by atoms with Crippen LogP contribution in [0.25, 0.3) is 11.4 Å². The molecule has 10 heteroatoms. The summed E-state index contributed by atoms with van der Waals surface area (Å²) in [5.74, 6) is 0.354. The van der Waals surface area contributed by atoms with E-state index in [1.54, 1.807) is 36.5 Å². The van der Waals surface area contributed by atoms with Crippen LogP contribution in [0.4, 0.5) is 10.3 Å². The topological polar surface area (TPSA) is 113 Å². The van der Waals surface area contributed by atoms with Gasteiger partial charge in [0.25, 0.3) is 0 Å². The summed E-state index contributed by atoms with van der Waals surface area (Å²) in [6.45, 7) is 1.86. The van der Waals surface area contributed by atoms with Crippen LogP contribution in [0.15, 0.2) is 36.7 Å². The predicted molar refractivity (Wildman–Crippen MR) is 91.3 cm³/mol. The van der Waals surface area contributed by atoms with Crippen LogP contribution in [-0.2, 0) is 4.79 Å². The molecule has 26 heavy (non-hydrogen) atoms. The molecule has 134 valence electrons. The SMILES string of the molecule is CC(=O)N(C)CC(Nc1ncc(-c2nn[nH]n2)cn1)c1ccc(F)cc1. The molecule has 2 N–H and O–H groups in total. The Morgan fingerprint density at radius 3 is 2.54 bits per heavy atom. The number of benzene rings is 1. The molecule has 0 bridgehead atoms. The minimum Gasteiger partial charge on any atom is -0.346 e. The van der Waals surface area contributed by atoms with Crippen molar-refractivity contribution in [3.8, 4) is 11.4 Å². The molecule has 1 atom stereocenters. The molecule has 0 spiro atoms. The van der Waals surface area contributed by atoms with Crippen molar-refractivity contribution in [2.75, 3.05) is 18.9 Å². The van der Waals surface area contributed by atoms with E-state index >= 15 is 0 Å². The molecular weight excluding hydrogens is 339 g/mol. The summed E-state index contributed by atoms with van der Waals surface area (Å²) in [4.78, 5) is 21.6. The van der Waals surface area contributed by atoms with Crippen molar-refractivity contribution in [2.24, 2.45) is 0 Å². The number of anilines is 1. The van der Waals surface area contributed by atoms with Crippen molar-refractivity contribution >= 4 is 11.9 Å². The van der Waals surface area contributed by atoms with Crippen molar-refractivity contribution < 1.29 is 9.18 Å². The minimum atomic E-state index is -0.326. The summed E-state index contributed by atoms with van der Waals surface area (Å²) in [7, 11) is 1.70. The average molecular weight is 356 g/mol. The van der Waals surface area contributed by atoms with Gasteiger partial charge in [-0.2, -0.15) is 5.21 Å². The number of tetrazole rings is 1. The standard InChI is InChI=1S/C16H17FN8O/c1-10(26)25(2)9-14(11-3-5-13(17)6-4-11)20-16-18-7-12(8-19-16)15-21-23-24-22-15/h3-8,14H,9H2,1-2H3,(H,18,19,20)(H,21,22,23,24). The molecule has 0 aliphatic heterocycles. The number of nitrogens with zero attached hydrogens (tertiary/aromatic N) is 6. The van der Waals surface area contributed by atoms with Crippen LogP contribution >= 0.6 is 0 Å². The lowest BCUT2D eigenvalue weighted by Crippen LogP contribution is -2.32.